The van der Waals surface area contributed by atoms with E-state index in [2.05, 4.69) is 4.72 Å². The summed E-state index contributed by atoms with van der Waals surface area (Å²) >= 11 is 0. The van der Waals surface area contributed by atoms with E-state index in [-0.39, 0.29) is 18.6 Å². The molecule has 32 heavy (non-hydrogen) atoms. The van der Waals surface area contributed by atoms with Crippen LogP contribution in [-0.4, -0.2) is 49.5 Å². The van der Waals surface area contributed by atoms with Crippen molar-refractivity contribution in [3.05, 3.63) is 65.5 Å². The summed E-state index contributed by atoms with van der Waals surface area (Å²) in [6.07, 6.45) is -3.49. The van der Waals surface area contributed by atoms with Crippen molar-refractivity contribution in [2.45, 2.75) is 42.5 Å². The van der Waals surface area contributed by atoms with Crippen molar-refractivity contribution in [3.8, 4) is 0 Å². The molecule has 1 N–H and O–H groups in total. The Balaban J connectivity index is 1.49. The molecule has 2 atom stereocenters. The van der Waals surface area contributed by atoms with Gasteiger partial charge in [-0.15, -0.1) is 0 Å². The van der Waals surface area contributed by atoms with E-state index < -0.39 is 38.6 Å². The van der Waals surface area contributed by atoms with Crippen LogP contribution in [0.3, 0.4) is 0 Å². The van der Waals surface area contributed by atoms with Crippen LogP contribution >= 0.6 is 0 Å². The SMILES string of the molecule is O=C(c1ccc(F)cc1)N1CC[C@@H]2CC[C@H](NS(=O)(=O)c3cccc(C(F)(F)F)c3)N2C1. The average Bonchev–Trinajstić information content (AvgIpc) is 3.14. The van der Waals surface area contributed by atoms with E-state index in [0.29, 0.717) is 37.4 Å². The van der Waals surface area contributed by atoms with E-state index in [1.807, 2.05) is 4.90 Å². The summed E-state index contributed by atoms with van der Waals surface area (Å²) < 4.78 is 80.2. The summed E-state index contributed by atoms with van der Waals surface area (Å²) in [7, 11) is -4.21. The molecule has 11 heteroatoms. The molecule has 2 fully saturated rings. The number of amides is 1. The summed E-state index contributed by atoms with van der Waals surface area (Å²) in [5, 5.41) is 0. The molecule has 0 spiro atoms. The van der Waals surface area contributed by atoms with Crippen LogP contribution in [0, 0.1) is 5.82 Å². The third-order valence-electron chi connectivity index (χ3n) is 5.85. The highest BCUT2D eigenvalue weighted by atomic mass is 32.2. The van der Waals surface area contributed by atoms with E-state index >= 15 is 0 Å². The first kappa shape index (κ1) is 22.7. The van der Waals surface area contributed by atoms with Gasteiger partial charge in [0.05, 0.1) is 23.3 Å². The van der Waals surface area contributed by atoms with Gasteiger partial charge in [0.15, 0.2) is 0 Å². The fraction of sp³-hybridized carbons (Fsp3) is 0.381. The van der Waals surface area contributed by atoms with E-state index in [4.69, 9.17) is 0 Å². The van der Waals surface area contributed by atoms with E-state index in [9.17, 15) is 30.8 Å². The number of alkyl halides is 3. The Morgan fingerprint density at radius 3 is 2.44 bits per heavy atom. The molecule has 2 aliphatic rings. The number of nitrogens with one attached hydrogen (secondary N) is 1. The Morgan fingerprint density at radius 2 is 1.75 bits per heavy atom. The molecule has 0 bridgehead atoms. The van der Waals surface area contributed by atoms with Crippen molar-refractivity contribution in [3.63, 3.8) is 0 Å². The Bertz CT molecular complexity index is 1110. The molecule has 0 aromatic heterocycles. The number of hydrogen-bond acceptors (Lipinski definition) is 4. The average molecular weight is 471 g/mol. The Kier molecular flexibility index (Phi) is 5.99. The third-order valence-corrected chi connectivity index (χ3v) is 7.31. The highest BCUT2D eigenvalue weighted by Gasteiger charge is 2.41. The maximum absolute atomic E-state index is 13.1. The largest absolute Gasteiger partial charge is 0.416 e. The van der Waals surface area contributed by atoms with Crippen LogP contribution in [0.1, 0.15) is 35.2 Å². The molecule has 1 amide bonds. The minimum atomic E-state index is -4.65. The number of nitrogens with zero attached hydrogens (tertiary/aromatic N) is 2. The number of carbonyl (C=O) groups is 1. The van der Waals surface area contributed by atoms with Gasteiger partial charge in [0.2, 0.25) is 10.0 Å². The summed E-state index contributed by atoms with van der Waals surface area (Å²) in [4.78, 5) is 15.7. The maximum Gasteiger partial charge on any atom is 0.416 e. The number of hydrogen-bond donors (Lipinski definition) is 1. The molecule has 2 heterocycles. The fourth-order valence-corrected chi connectivity index (χ4v) is 5.47. The number of sulfonamides is 1. The third kappa shape index (κ3) is 4.64. The smallest absolute Gasteiger partial charge is 0.326 e. The summed E-state index contributed by atoms with van der Waals surface area (Å²) in [5.41, 5.74) is -0.719. The van der Waals surface area contributed by atoms with Gasteiger partial charge in [-0.3, -0.25) is 9.69 Å². The second-order valence-electron chi connectivity index (χ2n) is 7.91. The van der Waals surface area contributed by atoms with Crippen molar-refractivity contribution in [1.29, 1.82) is 0 Å². The van der Waals surface area contributed by atoms with Crippen LogP contribution in [0.5, 0.6) is 0 Å². The zero-order chi connectivity index (χ0) is 23.1. The van der Waals surface area contributed by atoms with Crippen LogP contribution in [0.4, 0.5) is 17.6 Å². The summed E-state index contributed by atoms with van der Waals surface area (Å²) in [6, 6.07) is 8.82. The number of rotatable bonds is 4. The summed E-state index contributed by atoms with van der Waals surface area (Å²) in [5.74, 6) is -0.751. The molecule has 0 radical (unpaired) electrons. The maximum atomic E-state index is 13.1. The molecule has 172 valence electrons. The lowest BCUT2D eigenvalue weighted by molar-refractivity contribution is -0.137. The van der Waals surface area contributed by atoms with Crippen molar-refractivity contribution in [2.75, 3.05) is 13.2 Å². The van der Waals surface area contributed by atoms with Crippen LogP contribution in [0.15, 0.2) is 53.4 Å². The normalized spacial score (nSPS) is 22.1. The lowest BCUT2D eigenvalue weighted by Crippen LogP contribution is -2.56. The first-order chi connectivity index (χ1) is 15.0. The lowest BCUT2D eigenvalue weighted by atomic mass is 10.1. The van der Waals surface area contributed by atoms with E-state index in [1.54, 1.807) is 4.90 Å². The molecule has 2 aromatic carbocycles. The Morgan fingerprint density at radius 1 is 1.03 bits per heavy atom. The molecule has 6 nitrogen and oxygen atoms in total. The predicted octanol–water partition coefficient (Wildman–Crippen LogP) is 3.42. The van der Waals surface area contributed by atoms with Gasteiger partial charge in [0.1, 0.15) is 5.82 Å². The highest BCUT2D eigenvalue weighted by Crippen LogP contribution is 2.32. The molecular weight excluding hydrogens is 450 g/mol. The van der Waals surface area contributed by atoms with Gasteiger partial charge in [-0.05, 0) is 61.7 Å². The van der Waals surface area contributed by atoms with Gasteiger partial charge < -0.3 is 4.90 Å². The first-order valence-electron chi connectivity index (χ1n) is 10.0. The van der Waals surface area contributed by atoms with Gasteiger partial charge in [-0.1, -0.05) is 6.07 Å². The van der Waals surface area contributed by atoms with Gasteiger partial charge in [0, 0.05) is 18.2 Å². The molecule has 2 aromatic rings. The molecule has 0 saturated carbocycles. The van der Waals surface area contributed by atoms with Crippen molar-refractivity contribution in [1.82, 2.24) is 14.5 Å². The van der Waals surface area contributed by atoms with Crippen molar-refractivity contribution >= 4 is 15.9 Å². The Labute approximate surface area is 182 Å². The summed E-state index contributed by atoms with van der Waals surface area (Å²) in [6.45, 7) is 0.640. The van der Waals surface area contributed by atoms with Gasteiger partial charge in [0.25, 0.3) is 5.91 Å². The second-order valence-corrected chi connectivity index (χ2v) is 9.63. The van der Waals surface area contributed by atoms with Gasteiger partial charge in [-0.25, -0.2) is 12.8 Å². The van der Waals surface area contributed by atoms with E-state index in [1.165, 1.54) is 24.3 Å². The lowest BCUT2D eigenvalue weighted by Gasteiger charge is -2.40. The van der Waals surface area contributed by atoms with Crippen LogP contribution in [0.25, 0.3) is 0 Å². The first-order valence-corrected chi connectivity index (χ1v) is 11.5. The molecular formula is C21H21F4N3O3S. The molecule has 2 aliphatic heterocycles. The number of halogens is 4. The van der Waals surface area contributed by atoms with Crippen LogP contribution < -0.4 is 4.72 Å². The van der Waals surface area contributed by atoms with Crippen molar-refractivity contribution < 1.29 is 30.8 Å². The van der Waals surface area contributed by atoms with Crippen molar-refractivity contribution in [2.24, 2.45) is 0 Å². The molecule has 0 unspecified atom stereocenters. The topological polar surface area (TPSA) is 69.7 Å². The van der Waals surface area contributed by atoms with Gasteiger partial charge in [-0.2, -0.15) is 17.9 Å². The van der Waals surface area contributed by atoms with E-state index in [0.717, 1.165) is 18.2 Å². The highest BCUT2D eigenvalue weighted by molar-refractivity contribution is 7.89. The number of fused-ring (bicyclic) bond motifs is 1. The minimum Gasteiger partial charge on any atom is -0.326 e. The second kappa shape index (κ2) is 8.45. The number of carbonyl (C=O) groups excluding carboxylic acids is 1. The Hall–Kier alpha value is -2.50. The molecule has 2 saturated heterocycles. The number of benzene rings is 2. The molecule has 4 rings (SSSR count). The quantitative estimate of drug-likeness (QED) is 0.694. The minimum absolute atomic E-state index is 0.0569. The predicted molar refractivity (Wildman–Crippen MR) is 107 cm³/mol. The molecule has 0 aliphatic carbocycles. The van der Waals surface area contributed by atoms with Gasteiger partial charge >= 0.3 is 6.18 Å². The standard InChI is InChI=1S/C21H21F4N3O3S/c22-16-6-4-14(5-7-16)20(29)27-11-10-17-8-9-19(28(17)13-27)26-32(30,31)18-3-1-2-15(12-18)21(23,24)25/h1-7,12,17,19,26H,8-11,13H2/t17-,19+/m0/s1. The fourth-order valence-electron chi connectivity index (χ4n) is 4.19. The van der Waals surface area contributed by atoms with Crippen LogP contribution in [0.2, 0.25) is 0 Å². The zero-order valence-electron chi connectivity index (χ0n) is 16.8. The zero-order valence-corrected chi connectivity index (χ0v) is 17.7. The van der Waals surface area contributed by atoms with Crippen LogP contribution in [-0.2, 0) is 16.2 Å². The monoisotopic (exact) mass is 471 g/mol.